The Bertz CT molecular complexity index is 674. The van der Waals surface area contributed by atoms with Crippen LogP contribution < -0.4 is 14.8 Å². The molecule has 1 aromatic carbocycles. The van der Waals surface area contributed by atoms with Crippen molar-refractivity contribution in [2.45, 2.75) is 56.4 Å². The fourth-order valence-electron chi connectivity index (χ4n) is 6.08. The van der Waals surface area contributed by atoms with E-state index in [0.717, 1.165) is 30.8 Å². The van der Waals surface area contributed by atoms with E-state index in [9.17, 15) is 4.79 Å². The van der Waals surface area contributed by atoms with Crippen LogP contribution in [0.4, 0.5) is 0 Å². The van der Waals surface area contributed by atoms with Crippen LogP contribution in [0.1, 0.15) is 62.0 Å². The molecule has 25 heavy (non-hydrogen) atoms. The Balaban J connectivity index is 1.81. The molecule has 0 heterocycles. The quantitative estimate of drug-likeness (QED) is 0.823. The maximum absolute atomic E-state index is 12.1. The summed E-state index contributed by atoms with van der Waals surface area (Å²) in [5.74, 6) is 2.46. The van der Waals surface area contributed by atoms with E-state index >= 15 is 0 Å². The molecule has 4 nitrogen and oxygen atoms in total. The van der Waals surface area contributed by atoms with Crippen molar-refractivity contribution in [1.82, 2.24) is 5.32 Å². The zero-order chi connectivity index (χ0) is 17.8. The van der Waals surface area contributed by atoms with Gasteiger partial charge in [0, 0.05) is 5.54 Å². The molecule has 2 saturated carbocycles. The number of ether oxygens (including phenoxy) is 2. The van der Waals surface area contributed by atoms with Gasteiger partial charge in [-0.1, -0.05) is 6.92 Å². The monoisotopic (exact) mass is 363 g/mol. The highest BCUT2D eigenvalue weighted by atomic mass is 35.5. The highest BCUT2D eigenvalue weighted by Crippen LogP contribution is 2.63. The lowest BCUT2D eigenvalue weighted by molar-refractivity contribution is -0.122. The summed E-state index contributed by atoms with van der Waals surface area (Å²) in [7, 11) is 3.38. The van der Waals surface area contributed by atoms with Crippen molar-refractivity contribution in [1.29, 1.82) is 0 Å². The van der Waals surface area contributed by atoms with Crippen molar-refractivity contribution in [2.75, 3.05) is 20.1 Å². The molecule has 4 aliphatic rings. The van der Waals surface area contributed by atoms with Crippen LogP contribution in [0.15, 0.2) is 12.1 Å². The average Bonchev–Trinajstić information content (AvgIpc) is 2.71. The summed E-state index contributed by atoms with van der Waals surface area (Å²) in [4.78, 5) is 12.1. The zero-order valence-electron chi connectivity index (χ0n) is 15.2. The molecule has 4 aliphatic carbocycles. The van der Waals surface area contributed by atoms with Gasteiger partial charge in [0.05, 0.1) is 14.2 Å². The molecule has 0 saturated heterocycles. The summed E-state index contributed by atoms with van der Waals surface area (Å²) in [6.45, 7) is 2.38. The maximum Gasteiger partial charge on any atom is 0.235 e. The van der Waals surface area contributed by atoms with Crippen LogP contribution in [0.25, 0.3) is 0 Å². The Morgan fingerprint density at radius 3 is 2.08 bits per heavy atom. The minimum Gasteiger partial charge on any atom is -0.493 e. The van der Waals surface area contributed by atoms with Crippen molar-refractivity contribution in [3.63, 3.8) is 0 Å². The van der Waals surface area contributed by atoms with Crippen LogP contribution in [0, 0.1) is 5.41 Å². The Kier molecular flexibility index (Phi) is 3.95. The maximum atomic E-state index is 12.1. The van der Waals surface area contributed by atoms with Crippen LogP contribution in [0.5, 0.6) is 11.5 Å². The lowest BCUT2D eigenvalue weighted by Crippen LogP contribution is -2.57. The predicted octanol–water partition coefficient (Wildman–Crippen LogP) is 3.96. The summed E-state index contributed by atoms with van der Waals surface area (Å²) < 4.78 is 11.1. The lowest BCUT2D eigenvalue weighted by atomic mass is 9.55. The van der Waals surface area contributed by atoms with Gasteiger partial charge in [0.2, 0.25) is 5.91 Å². The van der Waals surface area contributed by atoms with Crippen molar-refractivity contribution in [2.24, 2.45) is 5.41 Å². The molecule has 0 aromatic heterocycles. The molecule has 4 bridgehead atoms. The van der Waals surface area contributed by atoms with E-state index in [1.165, 1.54) is 24.0 Å². The number of hydrogen-bond acceptors (Lipinski definition) is 3. The van der Waals surface area contributed by atoms with Crippen LogP contribution in [-0.4, -0.2) is 31.5 Å². The normalized spacial score (nSPS) is 35.0. The molecule has 5 rings (SSSR count). The predicted molar refractivity (Wildman–Crippen MR) is 97.8 cm³/mol. The highest BCUT2D eigenvalue weighted by Gasteiger charge is 2.55. The Morgan fingerprint density at radius 2 is 1.64 bits per heavy atom. The van der Waals surface area contributed by atoms with Gasteiger partial charge < -0.3 is 14.8 Å². The molecule has 2 fully saturated rings. The van der Waals surface area contributed by atoms with Gasteiger partial charge in [-0.25, -0.2) is 0 Å². The lowest BCUT2D eigenvalue weighted by Gasteiger charge is -2.54. The van der Waals surface area contributed by atoms with Crippen LogP contribution >= 0.6 is 11.6 Å². The first-order valence-electron chi connectivity index (χ1n) is 9.04. The van der Waals surface area contributed by atoms with Gasteiger partial charge in [-0.15, -0.1) is 11.6 Å². The fourth-order valence-corrected chi connectivity index (χ4v) is 6.15. The van der Waals surface area contributed by atoms with Gasteiger partial charge in [0.15, 0.2) is 11.5 Å². The second-order valence-corrected chi connectivity index (χ2v) is 8.76. The number of carbonyl (C=O) groups excluding carboxylic acids is 1. The van der Waals surface area contributed by atoms with Gasteiger partial charge in [-0.3, -0.25) is 4.79 Å². The first-order valence-corrected chi connectivity index (χ1v) is 9.57. The molecular weight excluding hydrogens is 338 g/mol. The number of nitrogens with one attached hydrogen (secondary N) is 1. The molecular formula is C20H26ClNO3. The van der Waals surface area contributed by atoms with E-state index in [1.807, 2.05) is 0 Å². The number of alkyl halides is 1. The van der Waals surface area contributed by atoms with Gasteiger partial charge in [-0.05, 0) is 72.6 Å². The SMILES string of the molecule is COc1cc2c(cc1OC)C1CC3(C)CC2CC(NC(=O)CCl)(C1)C3. The Hall–Kier alpha value is -1.42. The van der Waals surface area contributed by atoms with Crippen molar-refractivity contribution >= 4 is 17.5 Å². The van der Waals surface area contributed by atoms with E-state index < -0.39 is 0 Å². The molecule has 1 N–H and O–H groups in total. The number of methoxy groups -OCH3 is 2. The Morgan fingerprint density at radius 1 is 1.12 bits per heavy atom. The summed E-state index contributed by atoms with van der Waals surface area (Å²) in [5.41, 5.74) is 2.89. The smallest absolute Gasteiger partial charge is 0.235 e. The van der Waals surface area contributed by atoms with Gasteiger partial charge in [0.1, 0.15) is 5.88 Å². The van der Waals surface area contributed by atoms with Crippen LogP contribution in [0.2, 0.25) is 0 Å². The third-order valence-corrected chi connectivity index (χ3v) is 6.76. The summed E-state index contributed by atoms with van der Waals surface area (Å²) in [5, 5.41) is 3.30. The number of rotatable bonds is 4. The first-order chi connectivity index (χ1) is 11.9. The van der Waals surface area contributed by atoms with E-state index in [2.05, 4.69) is 24.4 Å². The van der Waals surface area contributed by atoms with E-state index in [-0.39, 0.29) is 22.7 Å². The second-order valence-electron chi connectivity index (χ2n) is 8.50. The van der Waals surface area contributed by atoms with E-state index in [4.69, 9.17) is 21.1 Å². The van der Waals surface area contributed by atoms with Crippen molar-refractivity contribution < 1.29 is 14.3 Å². The topological polar surface area (TPSA) is 47.6 Å². The van der Waals surface area contributed by atoms with Gasteiger partial charge >= 0.3 is 0 Å². The third kappa shape index (κ3) is 2.69. The van der Waals surface area contributed by atoms with Crippen LogP contribution in [-0.2, 0) is 4.79 Å². The number of carbonyl (C=O) groups is 1. The largest absolute Gasteiger partial charge is 0.493 e. The number of hydrogen-bond donors (Lipinski definition) is 1. The number of benzene rings is 1. The van der Waals surface area contributed by atoms with E-state index in [0.29, 0.717) is 11.8 Å². The molecule has 0 spiro atoms. The van der Waals surface area contributed by atoms with Gasteiger partial charge in [0.25, 0.3) is 0 Å². The summed E-state index contributed by atoms with van der Waals surface area (Å²) in [6, 6.07) is 4.34. The van der Waals surface area contributed by atoms with Crippen molar-refractivity contribution in [3.05, 3.63) is 23.3 Å². The molecule has 136 valence electrons. The minimum absolute atomic E-state index is 0.0302. The van der Waals surface area contributed by atoms with Crippen molar-refractivity contribution in [3.8, 4) is 11.5 Å². The molecule has 1 aromatic rings. The van der Waals surface area contributed by atoms with Crippen LogP contribution in [0.3, 0.4) is 0 Å². The first kappa shape index (κ1) is 17.0. The summed E-state index contributed by atoms with van der Waals surface area (Å²) >= 11 is 5.79. The highest BCUT2D eigenvalue weighted by molar-refractivity contribution is 6.27. The minimum atomic E-state index is -0.133. The average molecular weight is 364 g/mol. The molecule has 2 unspecified atom stereocenters. The number of halogens is 1. The molecule has 0 aliphatic heterocycles. The zero-order valence-corrected chi connectivity index (χ0v) is 15.9. The Labute approximate surface area is 154 Å². The summed E-state index contributed by atoms with van der Waals surface area (Å²) in [6.07, 6.45) is 5.38. The van der Waals surface area contributed by atoms with E-state index in [1.54, 1.807) is 14.2 Å². The molecule has 5 heteroatoms. The second kappa shape index (κ2) is 5.80. The van der Waals surface area contributed by atoms with Gasteiger partial charge in [-0.2, -0.15) is 0 Å². The number of amides is 1. The molecule has 2 atom stereocenters. The fraction of sp³-hybridized carbons (Fsp3) is 0.650. The molecule has 0 radical (unpaired) electrons. The standard InChI is InChI=1S/C20H26ClNO3/c1-19-6-12-8-20(11-19,22-18(23)10-21)9-13(7-19)15-5-17(25-3)16(24-2)4-14(12)15/h4-5,12-13H,6-11H2,1-3H3,(H,22,23). The third-order valence-electron chi connectivity index (χ3n) is 6.51. The molecule has 1 amide bonds.